The molecule has 108 valence electrons. The minimum absolute atomic E-state index is 0.122. The number of aromatic hydroxyl groups is 1. The third-order valence-corrected chi connectivity index (χ3v) is 3.29. The van der Waals surface area contributed by atoms with E-state index >= 15 is 0 Å². The summed E-state index contributed by atoms with van der Waals surface area (Å²) in [4.78, 5) is 4.60. The van der Waals surface area contributed by atoms with Crippen LogP contribution in [0.4, 0.5) is 18.9 Å². The number of thiazole rings is 1. The lowest BCUT2D eigenvalue weighted by atomic mass is 10.2. The molecule has 2 rings (SSSR count). The lowest BCUT2D eigenvalue weighted by Crippen LogP contribution is -2.17. The van der Waals surface area contributed by atoms with E-state index in [1.807, 2.05) is 0 Å². The molecule has 1 aromatic heterocycles. The number of hydrogen-bond acceptors (Lipinski definition) is 5. The van der Waals surface area contributed by atoms with Crippen molar-refractivity contribution < 1.29 is 23.0 Å². The normalized spacial score (nSPS) is 11.4. The fourth-order valence-corrected chi connectivity index (χ4v) is 2.32. The zero-order valence-corrected chi connectivity index (χ0v) is 11.3. The molecule has 2 N–H and O–H groups in total. The van der Waals surface area contributed by atoms with Crippen LogP contribution in [0.3, 0.4) is 0 Å². The Morgan fingerprint density at radius 1 is 1.40 bits per heavy atom. The smallest absolute Gasteiger partial charge is 0.506 e. The second-order valence-corrected chi connectivity index (χ2v) is 5.36. The lowest BCUT2D eigenvalue weighted by Gasteiger charge is -2.12. The van der Waals surface area contributed by atoms with Crippen molar-refractivity contribution in [1.82, 2.24) is 4.98 Å². The van der Waals surface area contributed by atoms with Gasteiger partial charge in [-0.3, -0.25) is 0 Å². The van der Waals surface area contributed by atoms with Gasteiger partial charge >= 0.3 is 6.36 Å². The van der Waals surface area contributed by atoms with Crippen LogP contribution in [-0.2, 0) is 6.54 Å². The first kappa shape index (κ1) is 14.7. The Bertz CT molecular complexity index is 604. The average molecular weight is 325 g/mol. The molecule has 0 atom stereocenters. The standard InChI is InChI=1S/C11H8ClF3N2O2S/c12-10-17-5-7(20-10)4-16-8-3-6(1-2-9(8)18)19-11(13,14)15/h1-3,5,16,18H,4H2. The SMILES string of the molecule is Oc1ccc(OC(F)(F)F)cc1NCc1cnc(Cl)s1. The second kappa shape index (κ2) is 5.76. The van der Waals surface area contributed by atoms with Gasteiger partial charge < -0.3 is 15.2 Å². The first-order valence-corrected chi connectivity index (χ1v) is 6.46. The molecule has 0 spiro atoms. The van der Waals surface area contributed by atoms with E-state index in [4.69, 9.17) is 11.6 Å². The number of hydrogen-bond donors (Lipinski definition) is 2. The first-order chi connectivity index (χ1) is 9.33. The van der Waals surface area contributed by atoms with Crippen molar-refractivity contribution >= 4 is 28.6 Å². The predicted molar refractivity (Wildman–Crippen MR) is 69.2 cm³/mol. The molecule has 0 radical (unpaired) electrons. The summed E-state index contributed by atoms with van der Waals surface area (Å²) in [6.45, 7) is 0.271. The fraction of sp³-hybridized carbons (Fsp3) is 0.182. The molecule has 4 nitrogen and oxygen atoms in total. The summed E-state index contributed by atoms with van der Waals surface area (Å²) in [7, 11) is 0. The van der Waals surface area contributed by atoms with Crippen LogP contribution in [0.2, 0.25) is 4.47 Å². The Kier molecular flexibility index (Phi) is 4.24. The molecule has 0 aliphatic carbocycles. The molecular formula is C11H8ClF3N2O2S. The summed E-state index contributed by atoms with van der Waals surface area (Å²) in [5, 5.41) is 12.4. The molecule has 9 heteroatoms. The predicted octanol–water partition coefficient (Wildman–Crippen LogP) is 4.01. The van der Waals surface area contributed by atoms with Gasteiger partial charge in [-0.1, -0.05) is 11.6 Å². The summed E-state index contributed by atoms with van der Waals surface area (Å²) >= 11 is 6.88. The lowest BCUT2D eigenvalue weighted by molar-refractivity contribution is -0.274. The van der Waals surface area contributed by atoms with Gasteiger partial charge in [-0.05, 0) is 12.1 Å². The number of aromatic nitrogens is 1. The average Bonchev–Trinajstić information content (AvgIpc) is 2.74. The van der Waals surface area contributed by atoms with Crippen molar-refractivity contribution in [2.24, 2.45) is 0 Å². The van der Waals surface area contributed by atoms with Crippen molar-refractivity contribution in [2.45, 2.75) is 12.9 Å². The Labute approximate surface area is 120 Å². The van der Waals surface area contributed by atoms with E-state index in [9.17, 15) is 18.3 Å². The Balaban J connectivity index is 2.08. The van der Waals surface area contributed by atoms with Gasteiger partial charge in [0, 0.05) is 17.1 Å². The van der Waals surface area contributed by atoms with E-state index in [0.717, 1.165) is 23.1 Å². The number of halogens is 4. The molecule has 0 aliphatic rings. The third-order valence-electron chi connectivity index (χ3n) is 2.18. The van der Waals surface area contributed by atoms with E-state index in [2.05, 4.69) is 15.0 Å². The molecule has 0 saturated carbocycles. The third kappa shape index (κ3) is 4.17. The second-order valence-electron chi connectivity index (χ2n) is 3.66. The number of nitrogens with one attached hydrogen (secondary N) is 1. The van der Waals surface area contributed by atoms with Gasteiger partial charge in [0.2, 0.25) is 0 Å². The van der Waals surface area contributed by atoms with Crippen LogP contribution in [0.25, 0.3) is 0 Å². The van der Waals surface area contributed by atoms with Crippen molar-refractivity contribution in [3.8, 4) is 11.5 Å². The Morgan fingerprint density at radius 2 is 2.15 bits per heavy atom. The summed E-state index contributed by atoms with van der Waals surface area (Å²) in [6, 6.07) is 3.20. The largest absolute Gasteiger partial charge is 0.573 e. The van der Waals surface area contributed by atoms with Gasteiger partial charge in [-0.2, -0.15) is 0 Å². The van der Waals surface area contributed by atoms with Crippen LogP contribution in [0.5, 0.6) is 11.5 Å². The highest BCUT2D eigenvalue weighted by molar-refractivity contribution is 7.15. The maximum Gasteiger partial charge on any atom is 0.573 e. The van der Waals surface area contributed by atoms with Crippen LogP contribution in [0.15, 0.2) is 24.4 Å². The van der Waals surface area contributed by atoms with Gasteiger partial charge in [-0.25, -0.2) is 4.98 Å². The zero-order valence-electron chi connectivity index (χ0n) is 9.74. The van der Waals surface area contributed by atoms with E-state index < -0.39 is 12.1 Å². The number of alkyl halides is 3. The van der Waals surface area contributed by atoms with Gasteiger partial charge in [0.25, 0.3) is 0 Å². The molecule has 1 aromatic carbocycles. The topological polar surface area (TPSA) is 54.4 Å². The number of rotatable bonds is 4. The molecule has 2 aromatic rings. The van der Waals surface area contributed by atoms with Crippen molar-refractivity contribution in [1.29, 1.82) is 0 Å². The minimum Gasteiger partial charge on any atom is -0.506 e. The summed E-state index contributed by atoms with van der Waals surface area (Å²) in [5.74, 6) is -0.602. The summed E-state index contributed by atoms with van der Waals surface area (Å²) in [5.41, 5.74) is 0.122. The first-order valence-electron chi connectivity index (χ1n) is 5.26. The summed E-state index contributed by atoms with van der Waals surface area (Å²) < 4.78 is 40.4. The number of phenolic OH excluding ortho intramolecular Hbond substituents is 1. The molecule has 20 heavy (non-hydrogen) atoms. The molecule has 1 heterocycles. The van der Waals surface area contributed by atoms with Crippen molar-refractivity contribution in [2.75, 3.05) is 5.32 Å². The van der Waals surface area contributed by atoms with Crippen LogP contribution in [0.1, 0.15) is 4.88 Å². The molecular weight excluding hydrogens is 317 g/mol. The molecule has 0 bridgehead atoms. The van der Waals surface area contributed by atoms with E-state index in [-0.39, 0.29) is 18.0 Å². The highest BCUT2D eigenvalue weighted by atomic mass is 35.5. The maximum absolute atomic E-state index is 12.1. The number of nitrogens with zero attached hydrogens (tertiary/aromatic N) is 1. The monoisotopic (exact) mass is 324 g/mol. The summed E-state index contributed by atoms with van der Waals surface area (Å²) in [6.07, 6.45) is -3.24. The van der Waals surface area contributed by atoms with Gasteiger partial charge in [0.05, 0.1) is 12.2 Å². The Hall–Kier alpha value is -1.67. The van der Waals surface area contributed by atoms with Crippen LogP contribution in [0, 0.1) is 0 Å². The number of anilines is 1. The van der Waals surface area contributed by atoms with E-state index in [1.165, 1.54) is 17.5 Å². The Morgan fingerprint density at radius 3 is 2.75 bits per heavy atom. The molecule has 0 amide bonds. The number of benzene rings is 1. The maximum atomic E-state index is 12.1. The van der Waals surface area contributed by atoms with Crippen molar-refractivity contribution in [3.05, 3.63) is 33.7 Å². The van der Waals surface area contributed by atoms with Crippen LogP contribution in [-0.4, -0.2) is 16.5 Å². The van der Waals surface area contributed by atoms with Crippen molar-refractivity contribution in [3.63, 3.8) is 0 Å². The minimum atomic E-state index is -4.78. The van der Waals surface area contributed by atoms with Gasteiger partial charge in [0.15, 0.2) is 4.47 Å². The zero-order chi connectivity index (χ0) is 14.8. The van der Waals surface area contributed by atoms with Crippen LogP contribution >= 0.6 is 22.9 Å². The quantitative estimate of drug-likeness (QED) is 0.834. The number of ether oxygens (including phenoxy) is 1. The highest BCUT2D eigenvalue weighted by Gasteiger charge is 2.31. The molecule has 0 aliphatic heterocycles. The number of phenols is 1. The highest BCUT2D eigenvalue weighted by Crippen LogP contribution is 2.31. The molecule has 0 fully saturated rings. The van der Waals surface area contributed by atoms with Crippen LogP contribution < -0.4 is 10.1 Å². The molecule has 0 unspecified atom stereocenters. The van der Waals surface area contributed by atoms with Gasteiger partial charge in [0.1, 0.15) is 11.5 Å². The van der Waals surface area contributed by atoms with E-state index in [0.29, 0.717) is 4.47 Å². The van der Waals surface area contributed by atoms with Gasteiger partial charge in [-0.15, -0.1) is 24.5 Å². The fourth-order valence-electron chi connectivity index (χ4n) is 1.40. The van der Waals surface area contributed by atoms with E-state index in [1.54, 1.807) is 0 Å². The molecule has 0 saturated heterocycles.